The molecular weight excluding hydrogens is 308 g/mol. The molecule has 0 atom stereocenters. The SMILES string of the molecule is Cc1c(NC(=O)C2(C(=O)O)CCCCCC2)cnn1CC(F)F. The number of carbonyl (C=O) groups excluding carboxylic acids is 1. The Bertz CT molecular complexity index is 579. The van der Waals surface area contributed by atoms with Gasteiger partial charge in [0.1, 0.15) is 12.0 Å². The quantitative estimate of drug-likeness (QED) is 0.643. The van der Waals surface area contributed by atoms with E-state index in [0.717, 1.165) is 17.5 Å². The Morgan fingerprint density at radius 2 is 1.96 bits per heavy atom. The number of carbonyl (C=O) groups is 2. The average Bonchev–Trinajstić information content (AvgIpc) is 2.70. The van der Waals surface area contributed by atoms with Crippen molar-refractivity contribution in [1.29, 1.82) is 0 Å². The minimum absolute atomic E-state index is 0.278. The zero-order valence-electron chi connectivity index (χ0n) is 13.0. The lowest BCUT2D eigenvalue weighted by molar-refractivity contribution is -0.155. The summed E-state index contributed by atoms with van der Waals surface area (Å²) in [6.07, 6.45) is 2.50. The van der Waals surface area contributed by atoms with Crippen LogP contribution in [-0.4, -0.2) is 33.2 Å². The van der Waals surface area contributed by atoms with Crippen LogP contribution in [0.25, 0.3) is 0 Å². The molecule has 128 valence electrons. The highest BCUT2D eigenvalue weighted by Crippen LogP contribution is 2.37. The van der Waals surface area contributed by atoms with Gasteiger partial charge in [0.05, 0.1) is 17.6 Å². The van der Waals surface area contributed by atoms with Gasteiger partial charge in [-0.3, -0.25) is 14.3 Å². The van der Waals surface area contributed by atoms with E-state index in [0.29, 0.717) is 31.4 Å². The highest BCUT2D eigenvalue weighted by atomic mass is 19.3. The first kappa shape index (κ1) is 17.4. The number of carboxylic acid groups (broad SMARTS) is 1. The summed E-state index contributed by atoms with van der Waals surface area (Å²) in [5, 5.41) is 16.0. The topological polar surface area (TPSA) is 84.2 Å². The van der Waals surface area contributed by atoms with Crippen LogP contribution >= 0.6 is 0 Å². The number of halogens is 2. The van der Waals surface area contributed by atoms with E-state index < -0.39 is 30.3 Å². The molecule has 1 aromatic rings. The summed E-state index contributed by atoms with van der Waals surface area (Å²) in [4.78, 5) is 24.3. The highest BCUT2D eigenvalue weighted by molar-refractivity contribution is 6.08. The average molecular weight is 329 g/mol. The summed E-state index contributed by atoms with van der Waals surface area (Å²) in [5.41, 5.74) is -0.790. The molecule has 8 heteroatoms. The van der Waals surface area contributed by atoms with Gasteiger partial charge in [0.15, 0.2) is 0 Å². The van der Waals surface area contributed by atoms with Gasteiger partial charge in [0.25, 0.3) is 6.43 Å². The van der Waals surface area contributed by atoms with E-state index in [9.17, 15) is 23.5 Å². The number of hydrogen-bond acceptors (Lipinski definition) is 3. The molecule has 0 bridgehead atoms. The number of aliphatic carboxylic acids is 1. The van der Waals surface area contributed by atoms with Gasteiger partial charge in [-0.25, -0.2) is 8.78 Å². The molecule has 0 saturated heterocycles. The predicted molar refractivity (Wildman–Crippen MR) is 79.4 cm³/mol. The van der Waals surface area contributed by atoms with Gasteiger partial charge in [-0.15, -0.1) is 0 Å². The molecule has 0 radical (unpaired) electrons. The van der Waals surface area contributed by atoms with Crippen molar-refractivity contribution in [2.75, 3.05) is 5.32 Å². The number of nitrogens with one attached hydrogen (secondary N) is 1. The summed E-state index contributed by atoms with van der Waals surface area (Å²) in [6, 6.07) is 0. The maximum absolute atomic E-state index is 12.6. The highest BCUT2D eigenvalue weighted by Gasteiger charge is 2.46. The molecule has 6 nitrogen and oxygen atoms in total. The Hall–Kier alpha value is -1.99. The van der Waals surface area contributed by atoms with E-state index in [1.54, 1.807) is 6.92 Å². The normalized spacial score (nSPS) is 17.7. The van der Waals surface area contributed by atoms with Crippen LogP contribution in [0.15, 0.2) is 6.20 Å². The van der Waals surface area contributed by atoms with E-state index in [-0.39, 0.29) is 5.69 Å². The third kappa shape index (κ3) is 3.68. The van der Waals surface area contributed by atoms with Crippen molar-refractivity contribution >= 4 is 17.6 Å². The lowest BCUT2D eigenvalue weighted by Crippen LogP contribution is -2.42. The van der Waals surface area contributed by atoms with Crippen LogP contribution in [0.1, 0.15) is 44.2 Å². The van der Waals surface area contributed by atoms with Crippen LogP contribution in [0.3, 0.4) is 0 Å². The van der Waals surface area contributed by atoms with Gasteiger partial charge in [-0.05, 0) is 19.8 Å². The Kier molecular flexibility index (Phi) is 5.33. The third-order valence-corrected chi connectivity index (χ3v) is 4.46. The first-order valence-corrected chi connectivity index (χ1v) is 7.72. The molecule has 1 heterocycles. The molecule has 1 fully saturated rings. The second-order valence-electron chi connectivity index (χ2n) is 5.97. The van der Waals surface area contributed by atoms with Crippen LogP contribution in [0.5, 0.6) is 0 Å². The second kappa shape index (κ2) is 7.06. The van der Waals surface area contributed by atoms with Gasteiger partial charge in [0.2, 0.25) is 5.91 Å². The summed E-state index contributed by atoms with van der Waals surface area (Å²) >= 11 is 0. The van der Waals surface area contributed by atoms with Crippen molar-refractivity contribution in [2.45, 2.75) is 58.4 Å². The molecule has 1 amide bonds. The number of alkyl halides is 2. The zero-order valence-corrected chi connectivity index (χ0v) is 13.0. The summed E-state index contributed by atoms with van der Waals surface area (Å²) < 4.78 is 26.0. The Morgan fingerprint density at radius 1 is 1.35 bits per heavy atom. The lowest BCUT2D eigenvalue weighted by Gasteiger charge is -2.26. The molecule has 1 aromatic heterocycles. The number of carboxylic acids is 1. The van der Waals surface area contributed by atoms with Crippen LogP contribution in [0.2, 0.25) is 0 Å². The first-order chi connectivity index (χ1) is 10.9. The summed E-state index contributed by atoms with van der Waals surface area (Å²) in [5.74, 6) is -1.72. The molecule has 0 spiro atoms. The zero-order chi connectivity index (χ0) is 17.0. The summed E-state index contributed by atoms with van der Waals surface area (Å²) in [6.45, 7) is 0.997. The Labute approximate surface area is 132 Å². The molecular formula is C15H21F2N3O3. The van der Waals surface area contributed by atoms with E-state index in [2.05, 4.69) is 10.4 Å². The van der Waals surface area contributed by atoms with Crippen molar-refractivity contribution in [1.82, 2.24) is 9.78 Å². The van der Waals surface area contributed by atoms with Crippen molar-refractivity contribution in [3.8, 4) is 0 Å². The van der Waals surface area contributed by atoms with Crippen molar-refractivity contribution in [2.24, 2.45) is 5.41 Å². The number of anilines is 1. The molecule has 2 N–H and O–H groups in total. The molecule has 2 rings (SSSR count). The minimum atomic E-state index is -2.55. The van der Waals surface area contributed by atoms with E-state index in [4.69, 9.17) is 0 Å². The molecule has 0 unspecified atom stereocenters. The third-order valence-electron chi connectivity index (χ3n) is 4.46. The largest absolute Gasteiger partial charge is 0.480 e. The molecule has 0 aliphatic heterocycles. The number of nitrogens with zero attached hydrogens (tertiary/aromatic N) is 2. The van der Waals surface area contributed by atoms with Crippen LogP contribution in [-0.2, 0) is 16.1 Å². The van der Waals surface area contributed by atoms with Crippen molar-refractivity contribution < 1.29 is 23.5 Å². The van der Waals surface area contributed by atoms with Gasteiger partial charge >= 0.3 is 5.97 Å². The van der Waals surface area contributed by atoms with Gasteiger partial charge in [-0.1, -0.05) is 25.7 Å². The standard InChI is InChI=1S/C15H21F2N3O3/c1-10-11(8-18-20(10)9-12(16)17)19-13(21)15(14(22)23)6-4-2-3-5-7-15/h8,12H,2-7,9H2,1H3,(H,19,21)(H,22,23). The smallest absolute Gasteiger partial charge is 0.319 e. The van der Waals surface area contributed by atoms with Crippen LogP contribution in [0, 0.1) is 12.3 Å². The van der Waals surface area contributed by atoms with Crippen LogP contribution in [0.4, 0.5) is 14.5 Å². The van der Waals surface area contributed by atoms with Gasteiger partial charge < -0.3 is 10.4 Å². The molecule has 0 aromatic carbocycles. The molecule has 1 aliphatic carbocycles. The fraction of sp³-hybridized carbons (Fsp3) is 0.667. The summed E-state index contributed by atoms with van der Waals surface area (Å²) in [7, 11) is 0. The second-order valence-corrected chi connectivity index (χ2v) is 5.97. The predicted octanol–water partition coefficient (Wildman–Crippen LogP) is 2.82. The van der Waals surface area contributed by atoms with Gasteiger partial charge in [0, 0.05) is 0 Å². The molecule has 1 saturated carbocycles. The maximum atomic E-state index is 12.6. The maximum Gasteiger partial charge on any atom is 0.319 e. The first-order valence-electron chi connectivity index (χ1n) is 7.72. The van der Waals surface area contributed by atoms with Gasteiger partial charge in [-0.2, -0.15) is 5.10 Å². The lowest BCUT2D eigenvalue weighted by atomic mass is 9.79. The molecule has 1 aliphatic rings. The van der Waals surface area contributed by atoms with E-state index in [1.165, 1.54) is 6.20 Å². The fourth-order valence-electron chi connectivity index (χ4n) is 3.00. The Morgan fingerprint density at radius 3 is 2.48 bits per heavy atom. The van der Waals surface area contributed by atoms with E-state index in [1.807, 2.05) is 0 Å². The Balaban J connectivity index is 2.19. The van der Waals surface area contributed by atoms with Crippen molar-refractivity contribution in [3.05, 3.63) is 11.9 Å². The van der Waals surface area contributed by atoms with Crippen LogP contribution < -0.4 is 5.32 Å². The number of rotatable bonds is 5. The monoisotopic (exact) mass is 329 g/mol. The number of amides is 1. The fourth-order valence-corrected chi connectivity index (χ4v) is 3.00. The minimum Gasteiger partial charge on any atom is -0.480 e. The van der Waals surface area contributed by atoms with E-state index >= 15 is 0 Å². The number of hydrogen-bond donors (Lipinski definition) is 2. The van der Waals surface area contributed by atoms with Crippen molar-refractivity contribution in [3.63, 3.8) is 0 Å². The molecule has 23 heavy (non-hydrogen) atoms. The number of aromatic nitrogens is 2.